The lowest BCUT2D eigenvalue weighted by atomic mass is 10.1. The number of carbonyl (C=O) groups is 1. The van der Waals surface area contributed by atoms with Crippen molar-refractivity contribution >= 4 is 39.1 Å². The number of aromatic amines is 1. The maximum absolute atomic E-state index is 12.4. The summed E-state index contributed by atoms with van der Waals surface area (Å²) in [6.45, 7) is 8.97. The van der Waals surface area contributed by atoms with Crippen molar-refractivity contribution in [3.63, 3.8) is 0 Å². The number of H-pyrrole nitrogens is 1. The Morgan fingerprint density at radius 1 is 1.25 bits per heavy atom. The molecular weight excluding hydrogens is 400 g/mol. The molecule has 3 aromatic rings. The van der Waals surface area contributed by atoms with Gasteiger partial charge in [0.1, 0.15) is 10.6 Å². The van der Waals surface area contributed by atoms with Crippen LogP contribution >= 0.6 is 22.9 Å². The van der Waals surface area contributed by atoms with E-state index in [1.807, 2.05) is 27.7 Å². The number of aryl methyl sites for hydroxylation is 4. The SMILES string of the molecule is Cc1cc(Cl)cc(C)c1OCC(=O)O[C@H](C)c1nc2sc(C)c(C)c2c(=O)[nH]1. The minimum atomic E-state index is -0.705. The van der Waals surface area contributed by atoms with Gasteiger partial charge >= 0.3 is 5.97 Å². The minimum absolute atomic E-state index is 0.228. The lowest BCUT2D eigenvalue weighted by Gasteiger charge is -2.15. The number of rotatable bonds is 5. The molecule has 1 aromatic carbocycles. The fraction of sp³-hybridized carbons (Fsp3) is 0.350. The predicted octanol–water partition coefficient (Wildman–Crippen LogP) is 4.55. The molecule has 6 nitrogen and oxygen atoms in total. The molecule has 28 heavy (non-hydrogen) atoms. The second kappa shape index (κ2) is 7.93. The Morgan fingerprint density at radius 2 is 1.89 bits per heavy atom. The number of esters is 1. The van der Waals surface area contributed by atoms with E-state index in [9.17, 15) is 9.59 Å². The number of carbonyl (C=O) groups excluding carboxylic acids is 1. The van der Waals surface area contributed by atoms with Gasteiger partial charge < -0.3 is 14.5 Å². The molecule has 0 aliphatic rings. The molecule has 0 saturated heterocycles. The number of fused-ring (bicyclic) bond motifs is 1. The molecule has 0 spiro atoms. The van der Waals surface area contributed by atoms with E-state index in [4.69, 9.17) is 21.1 Å². The van der Waals surface area contributed by atoms with Gasteiger partial charge in [-0.3, -0.25) is 4.79 Å². The summed E-state index contributed by atoms with van der Waals surface area (Å²) < 4.78 is 11.0. The van der Waals surface area contributed by atoms with Crippen LogP contribution < -0.4 is 10.3 Å². The van der Waals surface area contributed by atoms with Crippen LogP contribution in [0.1, 0.15) is 40.4 Å². The quantitative estimate of drug-likeness (QED) is 0.612. The van der Waals surface area contributed by atoms with Crippen LogP contribution in [0, 0.1) is 27.7 Å². The summed E-state index contributed by atoms with van der Waals surface area (Å²) in [5, 5.41) is 1.20. The van der Waals surface area contributed by atoms with E-state index in [2.05, 4.69) is 9.97 Å². The molecule has 148 valence electrons. The van der Waals surface area contributed by atoms with Gasteiger partial charge in [0.25, 0.3) is 5.56 Å². The van der Waals surface area contributed by atoms with Crippen molar-refractivity contribution in [3.05, 3.63) is 54.9 Å². The maximum Gasteiger partial charge on any atom is 0.344 e. The number of ether oxygens (including phenoxy) is 2. The summed E-state index contributed by atoms with van der Waals surface area (Å²) >= 11 is 7.45. The van der Waals surface area contributed by atoms with Crippen molar-refractivity contribution in [3.8, 4) is 5.75 Å². The molecule has 8 heteroatoms. The van der Waals surface area contributed by atoms with Gasteiger partial charge in [-0.1, -0.05) is 11.6 Å². The Hall–Kier alpha value is -2.38. The number of nitrogens with one attached hydrogen (secondary N) is 1. The number of aromatic nitrogens is 2. The van der Waals surface area contributed by atoms with Crippen LogP contribution in [0.15, 0.2) is 16.9 Å². The van der Waals surface area contributed by atoms with E-state index in [0.717, 1.165) is 21.6 Å². The van der Waals surface area contributed by atoms with Crippen LogP contribution in [0.2, 0.25) is 5.02 Å². The summed E-state index contributed by atoms with van der Waals surface area (Å²) in [7, 11) is 0. The highest BCUT2D eigenvalue weighted by Gasteiger charge is 2.19. The van der Waals surface area contributed by atoms with Gasteiger partial charge in [-0.05, 0) is 63.4 Å². The highest BCUT2D eigenvalue weighted by Crippen LogP contribution is 2.28. The smallest absolute Gasteiger partial charge is 0.344 e. The molecule has 2 heterocycles. The molecule has 1 N–H and O–H groups in total. The van der Waals surface area contributed by atoms with Crippen LogP contribution in [0.4, 0.5) is 0 Å². The molecule has 0 saturated carbocycles. The lowest BCUT2D eigenvalue weighted by Crippen LogP contribution is -2.20. The summed E-state index contributed by atoms with van der Waals surface area (Å²) in [4.78, 5) is 33.4. The fourth-order valence-electron chi connectivity index (χ4n) is 3.01. The standard InChI is InChI=1S/C20H21ClN2O4S/c1-9-6-14(21)7-10(2)17(9)26-8-15(24)27-12(4)18-22-19(25)16-11(3)13(5)28-20(16)23-18/h6-7,12H,8H2,1-5H3,(H,22,23,25)/t12-/m1/s1. The average Bonchev–Trinajstić information content (AvgIpc) is 2.88. The Balaban J connectivity index is 1.71. The zero-order chi connectivity index (χ0) is 20.6. The molecule has 1 atom stereocenters. The summed E-state index contributed by atoms with van der Waals surface area (Å²) in [6, 6.07) is 3.54. The van der Waals surface area contributed by atoms with E-state index in [1.54, 1.807) is 19.1 Å². The van der Waals surface area contributed by atoms with E-state index in [0.29, 0.717) is 26.8 Å². The van der Waals surface area contributed by atoms with Crippen molar-refractivity contribution in [2.24, 2.45) is 0 Å². The number of hydrogen-bond donors (Lipinski definition) is 1. The Kier molecular flexibility index (Phi) is 5.76. The highest BCUT2D eigenvalue weighted by atomic mass is 35.5. The number of hydrogen-bond acceptors (Lipinski definition) is 6. The lowest BCUT2D eigenvalue weighted by molar-refractivity contribution is -0.151. The van der Waals surface area contributed by atoms with Crippen LogP contribution in [-0.2, 0) is 9.53 Å². The Bertz CT molecular complexity index is 1100. The van der Waals surface area contributed by atoms with Crippen LogP contribution in [0.3, 0.4) is 0 Å². The molecule has 0 aliphatic heterocycles. The first-order valence-corrected chi connectivity index (χ1v) is 9.95. The summed E-state index contributed by atoms with van der Waals surface area (Å²) in [5.41, 5.74) is 2.37. The van der Waals surface area contributed by atoms with E-state index < -0.39 is 12.1 Å². The van der Waals surface area contributed by atoms with Crippen molar-refractivity contribution in [1.82, 2.24) is 9.97 Å². The second-order valence-electron chi connectivity index (χ2n) is 6.70. The molecule has 3 rings (SSSR count). The zero-order valence-electron chi connectivity index (χ0n) is 16.3. The van der Waals surface area contributed by atoms with Gasteiger partial charge in [0.15, 0.2) is 18.5 Å². The van der Waals surface area contributed by atoms with Gasteiger partial charge in [0.2, 0.25) is 0 Å². The average molecular weight is 421 g/mol. The fourth-order valence-corrected chi connectivity index (χ4v) is 4.37. The van der Waals surface area contributed by atoms with Gasteiger partial charge in [-0.25, -0.2) is 9.78 Å². The molecule has 0 radical (unpaired) electrons. The summed E-state index contributed by atoms with van der Waals surface area (Å²) in [6.07, 6.45) is -0.705. The third kappa shape index (κ3) is 4.05. The predicted molar refractivity (Wildman–Crippen MR) is 111 cm³/mol. The van der Waals surface area contributed by atoms with Gasteiger partial charge in [0.05, 0.1) is 5.39 Å². The van der Waals surface area contributed by atoms with Crippen LogP contribution in [0.5, 0.6) is 5.75 Å². The van der Waals surface area contributed by atoms with Crippen LogP contribution in [0.25, 0.3) is 10.2 Å². The molecule has 0 aliphatic carbocycles. The first kappa shape index (κ1) is 20.4. The topological polar surface area (TPSA) is 81.3 Å². The summed E-state index contributed by atoms with van der Waals surface area (Å²) in [5.74, 6) is 0.361. The van der Waals surface area contributed by atoms with E-state index in [-0.39, 0.29) is 12.2 Å². The van der Waals surface area contributed by atoms with E-state index in [1.165, 1.54) is 11.3 Å². The zero-order valence-corrected chi connectivity index (χ0v) is 17.9. The molecule has 0 unspecified atom stereocenters. The van der Waals surface area contributed by atoms with Crippen LogP contribution in [-0.4, -0.2) is 22.5 Å². The Labute approximate surface area is 171 Å². The second-order valence-corrected chi connectivity index (χ2v) is 8.34. The van der Waals surface area contributed by atoms with Gasteiger partial charge in [0, 0.05) is 9.90 Å². The van der Waals surface area contributed by atoms with Crippen molar-refractivity contribution in [1.29, 1.82) is 0 Å². The molecule has 0 fully saturated rings. The third-order valence-corrected chi connectivity index (χ3v) is 5.83. The first-order chi connectivity index (χ1) is 13.2. The highest BCUT2D eigenvalue weighted by molar-refractivity contribution is 7.18. The maximum atomic E-state index is 12.4. The number of thiophene rings is 1. The van der Waals surface area contributed by atoms with Gasteiger partial charge in [-0.2, -0.15) is 0 Å². The largest absolute Gasteiger partial charge is 0.481 e. The monoisotopic (exact) mass is 420 g/mol. The molecular formula is C20H21ClN2O4S. The molecule has 0 amide bonds. The number of nitrogens with zero attached hydrogens (tertiary/aromatic N) is 1. The van der Waals surface area contributed by atoms with Crippen molar-refractivity contribution < 1.29 is 14.3 Å². The van der Waals surface area contributed by atoms with Crippen molar-refractivity contribution in [2.75, 3.05) is 6.61 Å². The molecule has 2 aromatic heterocycles. The third-order valence-electron chi connectivity index (χ3n) is 4.51. The first-order valence-electron chi connectivity index (χ1n) is 8.76. The Morgan fingerprint density at radius 3 is 2.54 bits per heavy atom. The molecule has 0 bridgehead atoms. The number of benzene rings is 1. The minimum Gasteiger partial charge on any atom is -0.481 e. The van der Waals surface area contributed by atoms with Gasteiger partial charge in [-0.15, -0.1) is 11.3 Å². The van der Waals surface area contributed by atoms with Crippen molar-refractivity contribution in [2.45, 2.75) is 40.7 Å². The van der Waals surface area contributed by atoms with E-state index >= 15 is 0 Å². The number of halogens is 1. The normalized spacial score (nSPS) is 12.2.